The Balaban J connectivity index is 1.68. The molecule has 2 rings (SSSR count). The second-order valence-electron chi connectivity index (χ2n) is 5.49. The molecule has 0 bridgehead atoms. The van der Waals surface area contributed by atoms with Gasteiger partial charge in [-0.1, -0.05) is 19.3 Å². The standard InChI is InChI=1S/C13H25N3O/c1-11-9-16(8-7-14-11)10-13(17)15-12-5-3-2-4-6-12/h11-12,14H,2-10H2,1H3,(H,15,17)/t11-/m1/s1. The van der Waals surface area contributed by atoms with Crippen LogP contribution in [-0.2, 0) is 4.79 Å². The van der Waals surface area contributed by atoms with Gasteiger partial charge in [-0.25, -0.2) is 0 Å². The molecule has 17 heavy (non-hydrogen) atoms. The van der Waals surface area contributed by atoms with Gasteiger partial charge in [0.05, 0.1) is 6.54 Å². The van der Waals surface area contributed by atoms with Crippen LogP contribution in [0.4, 0.5) is 0 Å². The van der Waals surface area contributed by atoms with E-state index < -0.39 is 0 Å². The highest BCUT2D eigenvalue weighted by molar-refractivity contribution is 5.78. The first-order valence-electron chi connectivity index (χ1n) is 6.99. The maximum absolute atomic E-state index is 11.9. The van der Waals surface area contributed by atoms with Gasteiger partial charge in [0.15, 0.2) is 0 Å². The summed E-state index contributed by atoms with van der Waals surface area (Å²) < 4.78 is 0. The highest BCUT2D eigenvalue weighted by Gasteiger charge is 2.20. The molecule has 98 valence electrons. The molecule has 0 radical (unpaired) electrons. The predicted molar refractivity (Wildman–Crippen MR) is 68.9 cm³/mol. The molecule has 0 aromatic rings. The van der Waals surface area contributed by atoms with Crippen molar-refractivity contribution >= 4 is 5.91 Å². The summed E-state index contributed by atoms with van der Waals surface area (Å²) in [5, 5.41) is 6.57. The molecule has 1 saturated carbocycles. The Hall–Kier alpha value is -0.610. The van der Waals surface area contributed by atoms with Gasteiger partial charge in [0.25, 0.3) is 0 Å². The van der Waals surface area contributed by atoms with Gasteiger partial charge in [0.1, 0.15) is 0 Å². The highest BCUT2D eigenvalue weighted by atomic mass is 16.2. The first kappa shape index (κ1) is 12.8. The maximum atomic E-state index is 11.9. The zero-order valence-electron chi connectivity index (χ0n) is 10.9. The van der Waals surface area contributed by atoms with Crippen LogP contribution in [-0.4, -0.2) is 49.1 Å². The lowest BCUT2D eigenvalue weighted by Gasteiger charge is -2.32. The molecular formula is C13H25N3O. The molecular weight excluding hydrogens is 214 g/mol. The first-order valence-corrected chi connectivity index (χ1v) is 6.99. The molecule has 1 atom stereocenters. The second kappa shape index (κ2) is 6.36. The highest BCUT2D eigenvalue weighted by Crippen LogP contribution is 2.17. The van der Waals surface area contributed by atoms with Crippen LogP contribution in [0.15, 0.2) is 0 Å². The maximum Gasteiger partial charge on any atom is 0.234 e. The van der Waals surface area contributed by atoms with E-state index in [-0.39, 0.29) is 5.91 Å². The van der Waals surface area contributed by atoms with Crippen LogP contribution in [0.2, 0.25) is 0 Å². The number of amides is 1. The Morgan fingerprint density at radius 3 is 2.82 bits per heavy atom. The van der Waals surface area contributed by atoms with Crippen molar-refractivity contribution in [2.24, 2.45) is 0 Å². The van der Waals surface area contributed by atoms with Gasteiger partial charge >= 0.3 is 0 Å². The Labute approximate surface area is 104 Å². The number of rotatable bonds is 3. The summed E-state index contributed by atoms with van der Waals surface area (Å²) in [5.74, 6) is 0.214. The van der Waals surface area contributed by atoms with E-state index >= 15 is 0 Å². The number of nitrogens with zero attached hydrogens (tertiary/aromatic N) is 1. The summed E-state index contributed by atoms with van der Waals surface area (Å²) in [5.41, 5.74) is 0. The van der Waals surface area contributed by atoms with Gasteiger partial charge in [-0.3, -0.25) is 9.69 Å². The SMILES string of the molecule is C[C@@H]1CN(CC(=O)NC2CCCCC2)CCN1. The molecule has 1 aliphatic heterocycles. The van der Waals surface area contributed by atoms with Crippen LogP contribution >= 0.6 is 0 Å². The average Bonchev–Trinajstić information content (AvgIpc) is 2.30. The lowest BCUT2D eigenvalue weighted by atomic mass is 9.95. The van der Waals surface area contributed by atoms with Crippen molar-refractivity contribution < 1.29 is 4.79 Å². The molecule has 1 aliphatic carbocycles. The number of hydrogen-bond donors (Lipinski definition) is 2. The minimum atomic E-state index is 0.214. The van der Waals surface area contributed by atoms with E-state index in [0.717, 1.165) is 19.6 Å². The zero-order valence-corrected chi connectivity index (χ0v) is 10.9. The third-order valence-corrected chi connectivity index (χ3v) is 3.79. The van der Waals surface area contributed by atoms with Crippen molar-refractivity contribution in [2.45, 2.75) is 51.1 Å². The molecule has 4 heteroatoms. The average molecular weight is 239 g/mol. The molecule has 0 aromatic heterocycles. The summed E-state index contributed by atoms with van der Waals surface area (Å²) in [6.45, 7) is 5.71. The van der Waals surface area contributed by atoms with E-state index in [1.54, 1.807) is 0 Å². The number of carbonyl (C=O) groups is 1. The predicted octanol–water partition coefficient (Wildman–Crippen LogP) is 0.729. The smallest absolute Gasteiger partial charge is 0.234 e. The third kappa shape index (κ3) is 4.28. The van der Waals surface area contributed by atoms with Gasteiger partial charge in [0.2, 0.25) is 5.91 Å². The molecule has 0 unspecified atom stereocenters. The van der Waals surface area contributed by atoms with E-state index in [2.05, 4.69) is 22.5 Å². The minimum Gasteiger partial charge on any atom is -0.352 e. The van der Waals surface area contributed by atoms with Crippen molar-refractivity contribution in [1.82, 2.24) is 15.5 Å². The van der Waals surface area contributed by atoms with Crippen molar-refractivity contribution in [3.05, 3.63) is 0 Å². The quantitative estimate of drug-likeness (QED) is 0.763. The summed E-state index contributed by atoms with van der Waals surface area (Å²) in [6, 6.07) is 0.947. The van der Waals surface area contributed by atoms with Crippen LogP contribution in [0, 0.1) is 0 Å². The molecule has 2 N–H and O–H groups in total. The van der Waals surface area contributed by atoms with Crippen molar-refractivity contribution in [1.29, 1.82) is 0 Å². The minimum absolute atomic E-state index is 0.214. The van der Waals surface area contributed by atoms with E-state index in [1.807, 2.05) is 0 Å². The summed E-state index contributed by atoms with van der Waals surface area (Å²) >= 11 is 0. The van der Waals surface area contributed by atoms with Crippen LogP contribution in [0.1, 0.15) is 39.0 Å². The van der Waals surface area contributed by atoms with Gasteiger partial charge in [-0.15, -0.1) is 0 Å². The van der Waals surface area contributed by atoms with Crippen molar-refractivity contribution in [3.8, 4) is 0 Å². The fourth-order valence-electron chi connectivity index (χ4n) is 2.88. The van der Waals surface area contributed by atoms with E-state index in [1.165, 1.54) is 32.1 Å². The molecule has 1 heterocycles. The number of piperazine rings is 1. The number of nitrogens with one attached hydrogen (secondary N) is 2. The van der Waals surface area contributed by atoms with Gasteiger partial charge in [0, 0.05) is 31.7 Å². The third-order valence-electron chi connectivity index (χ3n) is 3.79. The van der Waals surface area contributed by atoms with Crippen LogP contribution in [0.5, 0.6) is 0 Å². The van der Waals surface area contributed by atoms with Gasteiger partial charge in [-0.2, -0.15) is 0 Å². The Kier molecular flexibility index (Phi) is 4.80. The second-order valence-corrected chi connectivity index (χ2v) is 5.49. The number of carbonyl (C=O) groups excluding carboxylic acids is 1. The summed E-state index contributed by atoms with van der Waals surface area (Å²) in [4.78, 5) is 14.2. The van der Waals surface area contributed by atoms with Crippen molar-refractivity contribution in [3.63, 3.8) is 0 Å². The lowest BCUT2D eigenvalue weighted by Crippen LogP contribution is -2.52. The molecule has 1 amide bonds. The van der Waals surface area contributed by atoms with Gasteiger partial charge < -0.3 is 10.6 Å². The van der Waals surface area contributed by atoms with Crippen LogP contribution < -0.4 is 10.6 Å². The fourth-order valence-corrected chi connectivity index (χ4v) is 2.88. The van der Waals surface area contributed by atoms with E-state index in [0.29, 0.717) is 18.6 Å². The molecule has 0 spiro atoms. The molecule has 2 fully saturated rings. The lowest BCUT2D eigenvalue weighted by molar-refractivity contribution is -0.123. The summed E-state index contributed by atoms with van der Waals surface area (Å²) in [6.07, 6.45) is 6.22. The Bertz CT molecular complexity index is 251. The molecule has 1 saturated heterocycles. The Morgan fingerprint density at radius 2 is 2.12 bits per heavy atom. The monoisotopic (exact) mass is 239 g/mol. The normalized spacial score (nSPS) is 27.9. The van der Waals surface area contributed by atoms with Crippen LogP contribution in [0.25, 0.3) is 0 Å². The van der Waals surface area contributed by atoms with Crippen molar-refractivity contribution in [2.75, 3.05) is 26.2 Å². The first-order chi connectivity index (χ1) is 8.24. The molecule has 0 aromatic carbocycles. The van der Waals surface area contributed by atoms with Gasteiger partial charge in [-0.05, 0) is 19.8 Å². The zero-order chi connectivity index (χ0) is 12.1. The molecule has 4 nitrogen and oxygen atoms in total. The Morgan fingerprint density at radius 1 is 1.35 bits per heavy atom. The summed E-state index contributed by atoms with van der Waals surface area (Å²) in [7, 11) is 0. The largest absolute Gasteiger partial charge is 0.352 e. The topological polar surface area (TPSA) is 44.4 Å². The van der Waals surface area contributed by atoms with Crippen LogP contribution in [0.3, 0.4) is 0 Å². The fraction of sp³-hybridized carbons (Fsp3) is 0.923. The van der Waals surface area contributed by atoms with E-state index in [9.17, 15) is 4.79 Å². The molecule has 2 aliphatic rings. The van der Waals surface area contributed by atoms with E-state index in [4.69, 9.17) is 0 Å². The number of hydrogen-bond acceptors (Lipinski definition) is 3.